The van der Waals surface area contributed by atoms with Crippen LogP contribution in [-0.4, -0.2) is 22.4 Å². The first-order chi connectivity index (χ1) is 11.6. The highest BCUT2D eigenvalue weighted by molar-refractivity contribution is 7.14. The molecule has 0 spiro atoms. The van der Waals surface area contributed by atoms with Crippen molar-refractivity contribution in [1.82, 2.24) is 9.78 Å². The second kappa shape index (κ2) is 7.11. The van der Waals surface area contributed by atoms with Crippen molar-refractivity contribution < 1.29 is 8.78 Å². The lowest BCUT2D eigenvalue weighted by Crippen LogP contribution is -2.31. The number of benzene rings is 1. The van der Waals surface area contributed by atoms with Gasteiger partial charge in [-0.25, -0.2) is 8.78 Å². The average molecular weight is 348 g/mol. The van der Waals surface area contributed by atoms with Crippen LogP contribution < -0.4 is 11.1 Å². The lowest BCUT2D eigenvalue weighted by molar-refractivity contribution is 0.543. The van der Waals surface area contributed by atoms with Crippen LogP contribution in [0.4, 0.5) is 13.8 Å². The first-order valence-electron chi connectivity index (χ1n) is 7.55. The summed E-state index contributed by atoms with van der Waals surface area (Å²) in [5, 5.41) is 10.3. The van der Waals surface area contributed by atoms with Crippen molar-refractivity contribution in [2.24, 2.45) is 12.8 Å². The van der Waals surface area contributed by atoms with Crippen LogP contribution in [0.25, 0.3) is 11.3 Å². The van der Waals surface area contributed by atoms with Gasteiger partial charge >= 0.3 is 0 Å². The lowest BCUT2D eigenvalue weighted by atomic mass is 10.0. The van der Waals surface area contributed by atoms with Gasteiger partial charge in [0.2, 0.25) is 0 Å². The van der Waals surface area contributed by atoms with Crippen LogP contribution in [0.1, 0.15) is 5.56 Å². The van der Waals surface area contributed by atoms with E-state index in [0.29, 0.717) is 0 Å². The maximum atomic E-state index is 13.8. The zero-order valence-corrected chi connectivity index (χ0v) is 14.0. The summed E-state index contributed by atoms with van der Waals surface area (Å²) in [5.74, 6) is -1.09. The Morgan fingerprint density at radius 2 is 2.04 bits per heavy atom. The highest BCUT2D eigenvalue weighted by Gasteiger charge is 2.16. The van der Waals surface area contributed by atoms with Gasteiger partial charge in [0, 0.05) is 42.3 Å². The van der Waals surface area contributed by atoms with E-state index in [1.165, 1.54) is 29.5 Å². The van der Waals surface area contributed by atoms with Gasteiger partial charge in [0.05, 0.1) is 10.7 Å². The van der Waals surface area contributed by atoms with E-state index >= 15 is 0 Å². The van der Waals surface area contributed by atoms with Crippen molar-refractivity contribution >= 4 is 16.3 Å². The van der Waals surface area contributed by atoms with Gasteiger partial charge in [0.15, 0.2) is 0 Å². The third-order valence-electron chi connectivity index (χ3n) is 3.86. The molecule has 24 heavy (non-hydrogen) atoms. The number of thiophene rings is 1. The van der Waals surface area contributed by atoms with Crippen LogP contribution in [0.2, 0.25) is 0 Å². The number of anilines is 1. The fourth-order valence-corrected chi connectivity index (χ4v) is 3.44. The number of halogens is 2. The van der Waals surface area contributed by atoms with Gasteiger partial charge < -0.3 is 11.1 Å². The molecule has 0 amide bonds. The minimum absolute atomic E-state index is 0.0591. The number of aryl methyl sites for hydroxylation is 1. The second-order valence-electron chi connectivity index (χ2n) is 5.52. The Labute approximate surface area is 142 Å². The third-order valence-corrected chi connectivity index (χ3v) is 4.72. The fourth-order valence-electron chi connectivity index (χ4n) is 2.57. The molecule has 0 aliphatic heterocycles. The van der Waals surface area contributed by atoms with Gasteiger partial charge in [-0.1, -0.05) is 6.07 Å². The Morgan fingerprint density at radius 1 is 1.29 bits per heavy atom. The number of hydrogen-bond donors (Lipinski definition) is 2. The molecule has 4 nitrogen and oxygen atoms in total. The van der Waals surface area contributed by atoms with E-state index in [2.05, 4.69) is 10.4 Å². The maximum Gasteiger partial charge on any atom is 0.129 e. The van der Waals surface area contributed by atoms with Crippen molar-refractivity contribution in [3.63, 3.8) is 0 Å². The summed E-state index contributed by atoms with van der Waals surface area (Å²) in [6.07, 6.45) is 1.93. The summed E-state index contributed by atoms with van der Waals surface area (Å²) < 4.78 is 29.4. The SMILES string of the molecule is Cn1nccc1-c1csc(N[C@H](CN)Cc2c(F)cccc2F)c1. The molecule has 1 atom stereocenters. The molecule has 126 valence electrons. The van der Waals surface area contributed by atoms with E-state index < -0.39 is 11.6 Å². The predicted octanol–water partition coefficient (Wildman–Crippen LogP) is 3.41. The standard InChI is InChI=1S/C17H18F2N4S/c1-23-16(5-6-21-23)11-7-17(24-10-11)22-12(9-20)8-13-14(18)3-2-4-15(13)19/h2-7,10,12,22H,8-9,20H2,1H3/t12-/m0/s1. The van der Waals surface area contributed by atoms with Crippen molar-refractivity contribution in [3.05, 3.63) is 59.1 Å². The number of hydrogen-bond acceptors (Lipinski definition) is 4. The zero-order valence-electron chi connectivity index (χ0n) is 13.2. The molecule has 0 aliphatic rings. The second-order valence-corrected chi connectivity index (χ2v) is 6.43. The summed E-state index contributed by atoms with van der Waals surface area (Å²) in [7, 11) is 1.88. The largest absolute Gasteiger partial charge is 0.373 e. The van der Waals surface area contributed by atoms with Crippen molar-refractivity contribution in [1.29, 1.82) is 0 Å². The van der Waals surface area contributed by atoms with Crippen molar-refractivity contribution in [3.8, 4) is 11.3 Å². The van der Waals surface area contributed by atoms with E-state index in [1.54, 1.807) is 10.9 Å². The molecule has 7 heteroatoms. The normalized spacial score (nSPS) is 12.3. The number of nitrogens with two attached hydrogens (primary N) is 1. The molecule has 0 saturated carbocycles. The van der Waals surface area contributed by atoms with Crippen LogP contribution >= 0.6 is 11.3 Å². The highest BCUT2D eigenvalue weighted by atomic mass is 32.1. The molecule has 0 aliphatic carbocycles. The van der Waals surface area contributed by atoms with E-state index in [9.17, 15) is 8.78 Å². The fraction of sp³-hybridized carbons (Fsp3) is 0.235. The average Bonchev–Trinajstić information content (AvgIpc) is 3.18. The molecule has 2 aromatic heterocycles. The number of rotatable bonds is 6. The van der Waals surface area contributed by atoms with E-state index in [4.69, 9.17) is 5.73 Å². The Balaban J connectivity index is 1.74. The van der Waals surface area contributed by atoms with Gasteiger partial charge in [0.1, 0.15) is 11.6 Å². The number of nitrogens with zero attached hydrogens (tertiary/aromatic N) is 2. The van der Waals surface area contributed by atoms with E-state index in [-0.39, 0.29) is 24.6 Å². The minimum atomic E-state index is -0.544. The molecule has 3 N–H and O–H groups in total. The third kappa shape index (κ3) is 3.47. The summed E-state index contributed by atoms with van der Waals surface area (Å²) in [6.45, 7) is 0.271. The topological polar surface area (TPSA) is 55.9 Å². The molecular weight excluding hydrogens is 330 g/mol. The molecule has 0 unspecified atom stereocenters. The van der Waals surface area contributed by atoms with Crippen LogP contribution in [0.5, 0.6) is 0 Å². The van der Waals surface area contributed by atoms with Gasteiger partial charge in [-0.15, -0.1) is 11.3 Å². The minimum Gasteiger partial charge on any atom is -0.373 e. The molecule has 0 radical (unpaired) electrons. The monoisotopic (exact) mass is 348 g/mol. The smallest absolute Gasteiger partial charge is 0.129 e. The van der Waals surface area contributed by atoms with Crippen LogP contribution in [0.15, 0.2) is 41.9 Å². The first kappa shape index (κ1) is 16.6. The molecule has 1 aromatic carbocycles. The summed E-state index contributed by atoms with van der Waals surface area (Å²) >= 11 is 1.52. The summed E-state index contributed by atoms with van der Waals surface area (Å²) in [4.78, 5) is 0. The Bertz CT molecular complexity index is 807. The van der Waals surface area contributed by atoms with E-state index in [1.807, 2.05) is 24.6 Å². The van der Waals surface area contributed by atoms with Crippen LogP contribution in [-0.2, 0) is 13.5 Å². The molecule has 0 bridgehead atoms. The first-order valence-corrected chi connectivity index (χ1v) is 8.43. The Kier molecular flexibility index (Phi) is 4.92. The van der Waals surface area contributed by atoms with Crippen molar-refractivity contribution in [2.75, 3.05) is 11.9 Å². The maximum absolute atomic E-state index is 13.8. The zero-order chi connectivity index (χ0) is 17.1. The number of nitrogens with one attached hydrogen (secondary N) is 1. The molecule has 0 fully saturated rings. The Hall–Kier alpha value is -2.25. The molecule has 3 aromatic rings. The van der Waals surface area contributed by atoms with Gasteiger partial charge in [-0.05, 0) is 30.7 Å². The quantitative estimate of drug-likeness (QED) is 0.718. The van der Waals surface area contributed by atoms with Crippen LogP contribution in [0.3, 0.4) is 0 Å². The molecule has 3 rings (SSSR count). The van der Waals surface area contributed by atoms with Crippen molar-refractivity contribution in [2.45, 2.75) is 12.5 Å². The summed E-state index contributed by atoms with van der Waals surface area (Å²) in [5.41, 5.74) is 7.88. The molecular formula is C17H18F2N4S. The Morgan fingerprint density at radius 3 is 2.67 bits per heavy atom. The lowest BCUT2D eigenvalue weighted by Gasteiger charge is -2.17. The van der Waals surface area contributed by atoms with Gasteiger partial charge in [-0.3, -0.25) is 4.68 Å². The molecule has 2 heterocycles. The predicted molar refractivity (Wildman–Crippen MR) is 93.0 cm³/mol. The summed E-state index contributed by atoms with van der Waals surface area (Å²) in [6, 6.07) is 7.55. The highest BCUT2D eigenvalue weighted by Crippen LogP contribution is 2.29. The van der Waals surface area contributed by atoms with E-state index in [0.717, 1.165) is 16.3 Å². The van der Waals surface area contributed by atoms with Gasteiger partial charge in [0.25, 0.3) is 0 Å². The van der Waals surface area contributed by atoms with Gasteiger partial charge in [-0.2, -0.15) is 5.10 Å². The molecule has 0 saturated heterocycles. The number of aromatic nitrogens is 2. The van der Waals surface area contributed by atoms with Crippen LogP contribution in [0, 0.1) is 11.6 Å².